The molecule has 1 aliphatic heterocycles. The lowest BCUT2D eigenvalue weighted by Gasteiger charge is -2.38. The summed E-state index contributed by atoms with van der Waals surface area (Å²) in [5.74, 6) is 2.01. The van der Waals surface area contributed by atoms with Gasteiger partial charge in [-0.15, -0.1) is 0 Å². The molecule has 1 aliphatic rings. The second-order valence-corrected chi connectivity index (χ2v) is 6.91. The topological polar surface area (TPSA) is 56.6 Å². The van der Waals surface area contributed by atoms with Gasteiger partial charge >= 0.3 is 0 Å². The van der Waals surface area contributed by atoms with Gasteiger partial charge in [0.1, 0.15) is 12.4 Å². The largest absolute Gasteiger partial charge is 0.485 e. The molecule has 1 aromatic carbocycles. The van der Waals surface area contributed by atoms with Gasteiger partial charge in [0.25, 0.3) is 5.91 Å². The summed E-state index contributed by atoms with van der Waals surface area (Å²) in [4.78, 5) is 19.2. The lowest BCUT2D eigenvalue weighted by Crippen LogP contribution is -2.53. The molecule has 3 rings (SSSR count). The van der Waals surface area contributed by atoms with Crippen molar-refractivity contribution in [3.05, 3.63) is 42.5 Å². The van der Waals surface area contributed by atoms with Crippen LogP contribution in [0.15, 0.2) is 36.7 Å². The number of nitrogens with zero attached hydrogens (tertiary/aromatic N) is 3. The number of para-hydroxylation sites is 2. The first kappa shape index (κ1) is 16.4. The molecule has 1 aromatic heterocycles. The predicted octanol–water partition coefficient (Wildman–Crippen LogP) is 2.39. The van der Waals surface area contributed by atoms with E-state index in [1.165, 1.54) is 0 Å². The first-order chi connectivity index (χ1) is 11.4. The number of aromatic nitrogens is 2. The molecule has 0 radical (unpaired) electrons. The molecule has 2 aromatic rings. The number of aryl methyl sites for hydroxylation is 1. The lowest BCUT2D eigenvalue weighted by molar-refractivity contribution is -0.147. The monoisotopic (exact) mass is 329 g/mol. The molecule has 0 aliphatic carbocycles. The summed E-state index contributed by atoms with van der Waals surface area (Å²) in [5.41, 5.74) is -0.358. The maximum atomic E-state index is 13.1. The van der Waals surface area contributed by atoms with Crippen LogP contribution in [0.3, 0.4) is 0 Å². The van der Waals surface area contributed by atoms with Gasteiger partial charge < -0.3 is 18.9 Å². The molecule has 6 heteroatoms. The Morgan fingerprint density at radius 2 is 2.04 bits per heavy atom. The van der Waals surface area contributed by atoms with Gasteiger partial charge in [0.15, 0.2) is 11.5 Å². The third-order valence-electron chi connectivity index (χ3n) is 4.08. The minimum atomic E-state index is -0.653. The van der Waals surface area contributed by atoms with E-state index in [9.17, 15) is 4.79 Å². The van der Waals surface area contributed by atoms with Gasteiger partial charge in [0, 0.05) is 25.0 Å². The van der Waals surface area contributed by atoms with Gasteiger partial charge in [-0.2, -0.15) is 0 Å². The molecule has 1 amide bonds. The normalized spacial score (nSPS) is 16.8. The Morgan fingerprint density at radius 1 is 1.33 bits per heavy atom. The molecule has 24 heavy (non-hydrogen) atoms. The van der Waals surface area contributed by atoms with Crippen molar-refractivity contribution in [3.63, 3.8) is 0 Å². The summed E-state index contributed by atoms with van der Waals surface area (Å²) in [6.45, 7) is 6.65. The lowest BCUT2D eigenvalue weighted by atomic mass is 10.0. The molecule has 0 saturated heterocycles. The van der Waals surface area contributed by atoms with Crippen LogP contribution in [-0.2, 0) is 18.4 Å². The molecular formula is C18H23N3O3. The number of amides is 1. The van der Waals surface area contributed by atoms with Crippen LogP contribution in [0.1, 0.15) is 26.6 Å². The number of rotatable bonds is 3. The quantitative estimate of drug-likeness (QED) is 0.867. The average molecular weight is 329 g/mol. The van der Waals surface area contributed by atoms with Crippen molar-refractivity contribution < 1.29 is 14.3 Å². The Hall–Kier alpha value is -2.50. The second-order valence-electron chi connectivity index (χ2n) is 6.91. The highest BCUT2D eigenvalue weighted by molar-refractivity contribution is 5.82. The van der Waals surface area contributed by atoms with Gasteiger partial charge in [-0.05, 0) is 32.9 Å². The molecule has 2 heterocycles. The third kappa shape index (κ3) is 3.22. The maximum Gasteiger partial charge on any atom is 0.268 e. The summed E-state index contributed by atoms with van der Waals surface area (Å²) in [7, 11) is 1.92. The fourth-order valence-electron chi connectivity index (χ4n) is 2.65. The van der Waals surface area contributed by atoms with E-state index in [1.807, 2.05) is 62.8 Å². The third-order valence-corrected chi connectivity index (χ3v) is 4.08. The summed E-state index contributed by atoms with van der Waals surface area (Å²) in [6.07, 6.45) is 2.95. The van der Waals surface area contributed by atoms with Crippen LogP contribution in [0.4, 0.5) is 0 Å². The van der Waals surface area contributed by atoms with Crippen LogP contribution in [0.2, 0.25) is 0 Å². The zero-order valence-corrected chi connectivity index (χ0v) is 14.5. The molecule has 0 fully saturated rings. The van der Waals surface area contributed by atoms with Crippen molar-refractivity contribution in [1.82, 2.24) is 14.5 Å². The Balaban J connectivity index is 1.81. The standard InChI is InChI=1S/C18H23N3O3/c1-18(2,3)21(11-16-19-9-10-20(16)4)17(22)15-12-23-13-7-5-6-8-14(13)24-15/h5-10,15H,11-12H2,1-4H3. The Morgan fingerprint density at radius 3 is 2.67 bits per heavy atom. The molecular weight excluding hydrogens is 306 g/mol. The molecule has 1 atom stereocenters. The SMILES string of the molecule is Cn1ccnc1CN(C(=O)C1COc2ccccc2O1)C(C)(C)C. The second kappa shape index (κ2) is 6.19. The number of imidazole rings is 1. The first-order valence-corrected chi connectivity index (χ1v) is 8.02. The number of carbonyl (C=O) groups is 1. The van der Waals surface area contributed by atoms with E-state index < -0.39 is 6.10 Å². The first-order valence-electron chi connectivity index (χ1n) is 8.02. The predicted molar refractivity (Wildman–Crippen MR) is 89.9 cm³/mol. The zero-order chi connectivity index (χ0) is 17.3. The molecule has 0 saturated carbocycles. The molecule has 0 bridgehead atoms. The number of hydrogen-bond donors (Lipinski definition) is 0. The number of fused-ring (bicyclic) bond motifs is 1. The van der Waals surface area contributed by atoms with Gasteiger partial charge in [0.05, 0.1) is 6.54 Å². The summed E-state index contributed by atoms with van der Waals surface area (Å²) in [6, 6.07) is 7.40. The van der Waals surface area contributed by atoms with Gasteiger partial charge in [0.2, 0.25) is 6.10 Å². The Bertz CT molecular complexity index is 733. The van der Waals surface area contributed by atoms with Crippen LogP contribution in [0.5, 0.6) is 11.5 Å². The number of carbonyl (C=O) groups excluding carboxylic acids is 1. The van der Waals surface area contributed by atoms with Crippen molar-refractivity contribution in [2.24, 2.45) is 7.05 Å². The van der Waals surface area contributed by atoms with Crippen LogP contribution in [0, 0.1) is 0 Å². The molecule has 0 N–H and O–H groups in total. The van der Waals surface area contributed by atoms with Crippen molar-refractivity contribution in [2.75, 3.05) is 6.61 Å². The Labute approximate surface area is 142 Å². The number of ether oxygens (including phenoxy) is 2. The van der Waals surface area contributed by atoms with E-state index in [4.69, 9.17) is 9.47 Å². The molecule has 128 valence electrons. The van der Waals surface area contributed by atoms with Gasteiger partial charge in [-0.25, -0.2) is 4.98 Å². The van der Waals surface area contributed by atoms with Crippen molar-refractivity contribution >= 4 is 5.91 Å². The highest BCUT2D eigenvalue weighted by atomic mass is 16.6. The molecule has 6 nitrogen and oxygen atoms in total. The van der Waals surface area contributed by atoms with E-state index in [-0.39, 0.29) is 18.1 Å². The fourth-order valence-corrected chi connectivity index (χ4v) is 2.65. The van der Waals surface area contributed by atoms with Crippen LogP contribution in [0.25, 0.3) is 0 Å². The smallest absolute Gasteiger partial charge is 0.268 e. The minimum Gasteiger partial charge on any atom is -0.485 e. The number of benzene rings is 1. The fraction of sp³-hybridized carbons (Fsp3) is 0.444. The number of hydrogen-bond acceptors (Lipinski definition) is 4. The van der Waals surface area contributed by atoms with E-state index in [1.54, 1.807) is 11.1 Å². The van der Waals surface area contributed by atoms with Crippen molar-refractivity contribution in [3.8, 4) is 11.5 Å². The van der Waals surface area contributed by atoms with E-state index in [2.05, 4.69) is 4.98 Å². The summed E-state index contributed by atoms with van der Waals surface area (Å²) < 4.78 is 13.5. The summed E-state index contributed by atoms with van der Waals surface area (Å²) in [5, 5.41) is 0. The highest BCUT2D eigenvalue weighted by Gasteiger charge is 2.36. The average Bonchev–Trinajstić information content (AvgIpc) is 2.95. The molecule has 0 spiro atoms. The van der Waals surface area contributed by atoms with Gasteiger partial charge in [-0.1, -0.05) is 12.1 Å². The van der Waals surface area contributed by atoms with E-state index in [0.29, 0.717) is 18.0 Å². The van der Waals surface area contributed by atoms with Crippen molar-refractivity contribution in [1.29, 1.82) is 0 Å². The van der Waals surface area contributed by atoms with Crippen molar-refractivity contribution in [2.45, 2.75) is 39.0 Å². The van der Waals surface area contributed by atoms with Gasteiger partial charge in [-0.3, -0.25) is 4.79 Å². The maximum absolute atomic E-state index is 13.1. The zero-order valence-electron chi connectivity index (χ0n) is 14.5. The van der Waals surface area contributed by atoms with Crippen LogP contribution < -0.4 is 9.47 Å². The minimum absolute atomic E-state index is 0.0972. The van der Waals surface area contributed by atoms with E-state index >= 15 is 0 Å². The van der Waals surface area contributed by atoms with E-state index in [0.717, 1.165) is 5.82 Å². The van der Waals surface area contributed by atoms with Crippen LogP contribution in [-0.4, -0.2) is 38.6 Å². The van der Waals surface area contributed by atoms with Crippen LogP contribution >= 0.6 is 0 Å². The Kier molecular flexibility index (Phi) is 4.22. The molecule has 1 unspecified atom stereocenters. The highest BCUT2D eigenvalue weighted by Crippen LogP contribution is 2.32. The summed E-state index contributed by atoms with van der Waals surface area (Å²) >= 11 is 0.